The first-order valence-electron chi connectivity index (χ1n) is 10.0. The quantitative estimate of drug-likeness (QED) is 0.645. The lowest BCUT2D eigenvalue weighted by Gasteiger charge is -2.23. The number of carbonyl (C=O) groups is 2. The van der Waals surface area contributed by atoms with Gasteiger partial charge in [0.05, 0.1) is 5.56 Å². The molecular formula is C21H33N3O2. The van der Waals surface area contributed by atoms with Gasteiger partial charge < -0.3 is 15.5 Å². The summed E-state index contributed by atoms with van der Waals surface area (Å²) in [6.07, 6.45) is 6.77. The highest BCUT2D eigenvalue weighted by molar-refractivity contribution is 6.02. The SMILES string of the molecule is CCCCCC(=O)Nc1ccc(N2CCCC2)c(C(=O)N[C@H](C)CC)c1. The van der Waals surface area contributed by atoms with Gasteiger partial charge in [-0.1, -0.05) is 26.7 Å². The van der Waals surface area contributed by atoms with Crippen molar-refractivity contribution in [3.63, 3.8) is 0 Å². The molecule has 0 unspecified atom stereocenters. The highest BCUT2D eigenvalue weighted by atomic mass is 16.2. The zero-order valence-corrected chi connectivity index (χ0v) is 16.4. The third-order valence-electron chi connectivity index (χ3n) is 4.97. The Morgan fingerprint density at radius 2 is 1.88 bits per heavy atom. The van der Waals surface area contributed by atoms with E-state index in [1.807, 2.05) is 25.1 Å². The summed E-state index contributed by atoms with van der Waals surface area (Å²) in [7, 11) is 0. The van der Waals surface area contributed by atoms with Crippen molar-refractivity contribution in [2.24, 2.45) is 0 Å². The van der Waals surface area contributed by atoms with Crippen molar-refractivity contribution in [1.82, 2.24) is 5.32 Å². The molecule has 1 aliphatic rings. The molecule has 0 radical (unpaired) electrons. The number of benzene rings is 1. The Balaban J connectivity index is 2.16. The van der Waals surface area contributed by atoms with Crippen LogP contribution in [-0.4, -0.2) is 30.9 Å². The minimum Gasteiger partial charge on any atom is -0.371 e. The number of unbranched alkanes of at least 4 members (excludes halogenated alkanes) is 2. The van der Waals surface area contributed by atoms with Gasteiger partial charge in [0.2, 0.25) is 5.91 Å². The molecule has 1 aliphatic heterocycles. The van der Waals surface area contributed by atoms with Crippen molar-refractivity contribution in [2.45, 2.75) is 71.8 Å². The summed E-state index contributed by atoms with van der Waals surface area (Å²) < 4.78 is 0. The Kier molecular flexibility index (Phi) is 7.95. The van der Waals surface area contributed by atoms with Gasteiger partial charge in [0.1, 0.15) is 0 Å². The summed E-state index contributed by atoms with van der Waals surface area (Å²) in [5.74, 6) is -0.0519. The predicted molar refractivity (Wildman–Crippen MR) is 108 cm³/mol. The van der Waals surface area contributed by atoms with E-state index in [1.54, 1.807) is 0 Å². The summed E-state index contributed by atoms with van der Waals surface area (Å²) in [5.41, 5.74) is 2.31. The molecule has 0 aromatic heterocycles. The number of amides is 2. The number of nitrogens with one attached hydrogen (secondary N) is 2. The number of nitrogens with zero attached hydrogens (tertiary/aromatic N) is 1. The Bertz CT molecular complexity index is 609. The van der Waals surface area contributed by atoms with Crippen molar-refractivity contribution >= 4 is 23.2 Å². The fourth-order valence-electron chi connectivity index (χ4n) is 3.19. The van der Waals surface area contributed by atoms with E-state index in [-0.39, 0.29) is 17.9 Å². The van der Waals surface area contributed by atoms with Gasteiger partial charge in [0.25, 0.3) is 5.91 Å². The Morgan fingerprint density at radius 3 is 2.54 bits per heavy atom. The van der Waals surface area contributed by atoms with Crippen LogP contribution in [0.1, 0.15) is 76.1 Å². The fourth-order valence-corrected chi connectivity index (χ4v) is 3.19. The monoisotopic (exact) mass is 359 g/mol. The molecule has 2 amide bonds. The van der Waals surface area contributed by atoms with Gasteiger partial charge >= 0.3 is 0 Å². The molecule has 0 bridgehead atoms. The molecule has 0 aliphatic carbocycles. The van der Waals surface area contributed by atoms with Crippen LogP contribution in [0.3, 0.4) is 0 Å². The van der Waals surface area contributed by atoms with E-state index in [2.05, 4.69) is 29.4 Å². The highest BCUT2D eigenvalue weighted by Crippen LogP contribution is 2.28. The molecule has 1 heterocycles. The van der Waals surface area contributed by atoms with Crippen molar-refractivity contribution in [2.75, 3.05) is 23.3 Å². The lowest BCUT2D eigenvalue weighted by Crippen LogP contribution is -2.33. The molecule has 1 fully saturated rings. The van der Waals surface area contributed by atoms with Gasteiger partial charge in [-0.15, -0.1) is 0 Å². The van der Waals surface area contributed by atoms with E-state index >= 15 is 0 Å². The molecule has 1 aromatic rings. The summed E-state index contributed by atoms with van der Waals surface area (Å²) in [6, 6.07) is 5.83. The fraction of sp³-hybridized carbons (Fsp3) is 0.619. The minimum atomic E-state index is -0.0664. The van der Waals surface area contributed by atoms with Crippen LogP contribution < -0.4 is 15.5 Å². The van der Waals surface area contributed by atoms with Crippen LogP contribution in [0.4, 0.5) is 11.4 Å². The second-order valence-electron chi connectivity index (χ2n) is 7.21. The second kappa shape index (κ2) is 10.2. The van der Waals surface area contributed by atoms with Gasteiger partial charge in [0.15, 0.2) is 0 Å². The summed E-state index contributed by atoms with van der Waals surface area (Å²) in [6.45, 7) is 8.14. The lowest BCUT2D eigenvalue weighted by molar-refractivity contribution is -0.116. The lowest BCUT2D eigenvalue weighted by atomic mass is 10.1. The zero-order valence-electron chi connectivity index (χ0n) is 16.4. The van der Waals surface area contributed by atoms with Crippen molar-refractivity contribution < 1.29 is 9.59 Å². The summed E-state index contributed by atoms with van der Waals surface area (Å²) in [4.78, 5) is 27.2. The molecule has 5 nitrogen and oxygen atoms in total. The molecule has 5 heteroatoms. The molecule has 0 saturated carbocycles. The Hall–Kier alpha value is -2.04. The highest BCUT2D eigenvalue weighted by Gasteiger charge is 2.21. The molecule has 2 N–H and O–H groups in total. The predicted octanol–water partition coefficient (Wildman–Crippen LogP) is 4.33. The minimum absolute atomic E-state index is 0.0145. The first-order chi connectivity index (χ1) is 12.5. The van der Waals surface area contributed by atoms with E-state index in [0.29, 0.717) is 17.7 Å². The van der Waals surface area contributed by atoms with Gasteiger partial charge in [-0.3, -0.25) is 9.59 Å². The zero-order chi connectivity index (χ0) is 18.9. The van der Waals surface area contributed by atoms with Crippen LogP contribution in [0.5, 0.6) is 0 Å². The normalized spacial score (nSPS) is 15.0. The van der Waals surface area contributed by atoms with Gasteiger partial charge in [-0.25, -0.2) is 0 Å². The van der Waals surface area contributed by atoms with Crippen LogP contribution in [0.2, 0.25) is 0 Å². The molecule has 144 valence electrons. The molecule has 26 heavy (non-hydrogen) atoms. The maximum atomic E-state index is 12.8. The van der Waals surface area contributed by atoms with E-state index in [0.717, 1.165) is 57.3 Å². The number of hydrogen-bond donors (Lipinski definition) is 2. The van der Waals surface area contributed by atoms with Crippen LogP contribution in [0.15, 0.2) is 18.2 Å². The number of anilines is 2. The van der Waals surface area contributed by atoms with Gasteiger partial charge in [-0.05, 0) is 50.8 Å². The van der Waals surface area contributed by atoms with Crippen LogP contribution >= 0.6 is 0 Å². The van der Waals surface area contributed by atoms with E-state index < -0.39 is 0 Å². The smallest absolute Gasteiger partial charge is 0.253 e. The summed E-state index contributed by atoms with van der Waals surface area (Å²) >= 11 is 0. The van der Waals surface area contributed by atoms with Gasteiger partial charge in [-0.2, -0.15) is 0 Å². The molecule has 2 rings (SSSR count). The molecule has 1 aromatic carbocycles. The van der Waals surface area contributed by atoms with Crippen molar-refractivity contribution in [3.05, 3.63) is 23.8 Å². The van der Waals surface area contributed by atoms with Crippen LogP contribution in [0, 0.1) is 0 Å². The molecule has 0 spiro atoms. The summed E-state index contributed by atoms with van der Waals surface area (Å²) in [5, 5.41) is 6.00. The van der Waals surface area contributed by atoms with Crippen molar-refractivity contribution in [3.8, 4) is 0 Å². The number of rotatable bonds is 9. The second-order valence-corrected chi connectivity index (χ2v) is 7.21. The Labute approximate surface area is 157 Å². The molecule has 1 atom stereocenters. The largest absolute Gasteiger partial charge is 0.371 e. The standard InChI is InChI=1S/C21H33N3O2/c1-4-6-7-10-20(25)23-17-11-12-19(24-13-8-9-14-24)18(15-17)21(26)22-16(3)5-2/h11-12,15-16H,4-10,13-14H2,1-3H3,(H,22,26)(H,23,25)/t16-/m1/s1. The average Bonchev–Trinajstić information content (AvgIpc) is 3.16. The molecular weight excluding hydrogens is 326 g/mol. The third-order valence-corrected chi connectivity index (χ3v) is 4.97. The molecule has 1 saturated heterocycles. The van der Waals surface area contributed by atoms with Crippen LogP contribution in [-0.2, 0) is 4.79 Å². The van der Waals surface area contributed by atoms with E-state index in [4.69, 9.17) is 0 Å². The number of hydrogen-bond acceptors (Lipinski definition) is 3. The van der Waals surface area contributed by atoms with Crippen LogP contribution in [0.25, 0.3) is 0 Å². The van der Waals surface area contributed by atoms with Gasteiger partial charge in [0, 0.05) is 36.9 Å². The van der Waals surface area contributed by atoms with E-state index in [9.17, 15) is 9.59 Å². The van der Waals surface area contributed by atoms with Crippen molar-refractivity contribution in [1.29, 1.82) is 0 Å². The Morgan fingerprint density at radius 1 is 1.15 bits per heavy atom. The first-order valence-corrected chi connectivity index (χ1v) is 10.0. The maximum Gasteiger partial charge on any atom is 0.253 e. The van der Waals surface area contributed by atoms with E-state index in [1.165, 1.54) is 0 Å². The maximum absolute atomic E-state index is 12.8. The average molecular weight is 360 g/mol. The topological polar surface area (TPSA) is 61.4 Å². The number of carbonyl (C=O) groups excluding carboxylic acids is 2. The third kappa shape index (κ3) is 5.75. The first kappa shape index (κ1) is 20.3.